The van der Waals surface area contributed by atoms with E-state index in [0.717, 1.165) is 0 Å². The van der Waals surface area contributed by atoms with Crippen molar-refractivity contribution in [3.05, 3.63) is 131 Å². The summed E-state index contributed by atoms with van der Waals surface area (Å²) in [5.41, 5.74) is 2.59. The first kappa shape index (κ1) is 26.2. The minimum absolute atomic E-state index is 0.245. The van der Waals surface area contributed by atoms with Gasteiger partial charge >= 0.3 is 0 Å². The predicted molar refractivity (Wildman–Crippen MR) is 142 cm³/mol. The van der Waals surface area contributed by atoms with Gasteiger partial charge < -0.3 is 10.2 Å². The van der Waals surface area contributed by atoms with Crippen LogP contribution in [0.3, 0.4) is 0 Å². The van der Waals surface area contributed by atoms with Gasteiger partial charge in [-0.3, -0.25) is 0 Å². The molecule has 6 rings (SSSR count). The van der Waals surface area contributed by atoms with Crippen molar-refractivity contribution in [1.82, 2.24) is 9.44 Å². The number of aliphatic hydroxyl groups is 2. The molecule has 0 fully saturated rings. The van der Waals surface area contributed by atoms with Crippen LogP contribution in [0.2, 0.25) is 0 Å². The largest absolute Gasteiger partial charge is 0.386 e. The first-order chi connectivity index (χ1) is 18.2. The van der Waals surface area contributed by atoms with Gasteiger partial charge in [0.15, 0.2) is 0 Å². The lowest BCUT2D eigenvalue weighted by molar-refractivity contribution is 0.141. The van der Waals surface area contributed by atoms with Crippen molar-refractivity contribution in [2.75, 3.05) is 0 Å². The van der Waals surface area contributed by atoms with E-state index in [2.05, 4.69) is 9.44 Å². The fourth-order valence-corrected chi connectivity index (χ4v) is 7.67. The maximum absolute atomic E-state index is 12.0. The standard InChI is InChI=1S/2C14H13NO3S/c2*16-14(10-6-2-1-3-7-10)13-11-8-4-5-9-12(11)19(17,18)15-13/h2*1-9,13-16H/t2*13-,14-/m11/s1. The lowest BCUT2D eigenvalue weighted by atomic mass is 9.97. The highest BCUT2D eigenvalue weighted by atomic mass is 32.2. The zero-order valence-corrected chi connectivity index (χ0v) is 21.7. The molecule has 0 saturated carbocycles. The van der Waals surface area contributed by atoms with E-state index in [4.69, 9.17) is 0 Å². The van der Waals surface area contributed by atoms with E-state index in [1.807, 2.05) is 36.4 Å². The van der Waals surface area contributed by atoms with E-state index < -0.39 is 44.3 Å². The summed E-state index contributed by atoms with van der Waals surface area (Å²) in [6.07, 6.45) is -1.81. The zero-order valence-electron chi connectivity index (χ0n) is 20.0. The number of aliphatic hydroxyl groups excluding tert-OH is 2. The van der Waals surface area contributed by atoms with Gasteiger partial charge in [0, 0.05) is 0 Å². The summed E-state index contributed by atoms with van der Waals surface area (Å²) in [6, 6.07) is 30.2. The van der Waals surface area contributed by atoms with E-state index in [1.54, 1.807) is 72.8 Å². The van der Waals surface area contributed by atoms with Crippen LogP contribution in [-0.2, 0) is 20.0 Å². The maximum atomic E-state index is 12.0. The molecule has 2 heterocycles. The van der Waals surface area contributed by atoms with Crippen LogP contribution in [0.25, 0.3) is 0 Å². The van der Waals surface area contributed by atoms with Crippen molar-refractivity contribution in [2.45, 2.75) is 34.1 Å². The molecule has 4 aromatic rings. The van der Waals surface area contributed by atoms with Gasteiger partial charge in [0.1, 0.15) is 0 Å². The Hall–Kier alpha value is -3.38. The molecule has 4 atom stereocenters. The van der Waals surface area contributed by atoms with Crippen LogP contribution in [0.15, 0.2) is 119 Å². The normalized spacial score (nSPS) is 21.8. The molecule has 0 radical (unpaired) electrons. The topological polar surface area (TPSA) is 133 Å². The number of benzene rings is 4. The van der Waals surface area contributed by atoms with Gasteiger partial charge in [-0.05, 0) is 34.4 Å². The van der Waals surface area contributed by atoms with E-state index in [9.17, 15) is 27.0 Å². The van der Waals surface area contributed by atoms with Crippen molar-refractivity contribution in [2.24, 2.45) is 0 Å². The molecule has 4 aromatic carbocycles. The number of hydrogen-bond donors (Lipinski definition) is 4. The molecular formula is C28H26N2O6S2. The van der Waals surface area contributed by atoms with Gasteiger partial charge in [0.25, 0.3) is 0 Å². The second-order valence-corrected chi connectivity index (χ2v) is 12.3. The van der Waals surface area contributed by atoms with Crippen LogP contribution in [-0.4, -0.2) is 27.0 Å². The molecule has 4 N–H and O–H groups in total. The smallest absolute Gasteiger partial charge is 0.241 e. The Kier molecular flexibility index (Phi) is 7.19. The van der Waals surface area contributed by atoms with Gasteiger partial charge in [0.05, 0.1) is 34.1 Å². The van der Waals surface area contributed by atoms with Crippen LogP contribution < -0.4 is 9.44 Å². The van der Waals surface area contributed by atoms with Gasteiger partial charge in [0.2, 0.25) is 20.0 Å². The Bertz CT molecular complexity index is 1520. The molecule has 10 heteroatoms. The molecule has 2 aliphatic heterocycles. The number of rotatable bonds is 4. The molecule has 0 bridgehead atoms. The molecule has 0 amide bonds. The molecule has 196 valence electrons. The Balaban J connectivity index is 0.000000155. The minimum atomic E-state index is -3.52. The third-order valence-corrected chi connectivity index (χ3v) is 9.60. The molecule has 0 unspecified atom stereocenters. The molecule has 0 aromatic heterocycles. The third-order valence-electron chi connectivity index (χ3n) is 6.57. The average molecular weight is 551 g/mol. The van der Waals surface area contributed by atoms with Crippen LogP contribution in [0.1, 0.15) is 46.5 Å². The van der Waals surface area contributed by atoms with Crippen LogP contribution in [0.5, 0.6) is 0 Å². The fraction of sp³-hybridized carbons (Fsp3) is 0.143. The minimum Gasteiger partial charge on any atom is -0.386 e. The van der Waals surface area contributed by atoms with Crippen molar-refractivity contribution in [3.63, 3.8) is 0 Å². The highest BCUT2D eigenvalue weighted by molar-refractivity contribution is 7.90. The first-order valence-electron chi connectivity index (χ1n) is 11.9. The van der Waals surface area contributed by atoms with Crippen LogP contribution in [0.4, 0.5) is 0 Å². The Morgan fingerprint density at radius 1 is 0.500 bits per heavy atom. The summed E-state index contributed by atoms with van der Waals surface area (Å²) in [4.78, 5) is 0.491. The van der Waals surface area contributed by atoms with E-state index in [-0.39, 0.29) is 9.79 Å². The summed E-state index contributed by atoms with van der Waals surface area (Å²) in [5.74, 6) is 0. The van der Waals surface area contributed by atoms with Gasteiger partial charge in [-0.1, -0.05) is 97.1 Å². The second kappa shape index (κ2) is 10.4. The Morgan fingerprint density at radius 3 is 1.18 bits per heavy atom. The van der Waals surface area contributed by atoms with Gasteiger partial charge in [-0.25, -0.2) is 26.3 Å². The van der Waals surface area contributed by atoms with Crippen molar-refractivity contribution in [3.8, 4) is 0 Å². The van der Waals surface area contributed by atoms with Gasteiger partial charge in [-0.2, -0.15) is 0 Å². The first-order valence-corrected chi connectivity index (χ1v) is 14.8. The molecule has 0 aliphatic carbocycles. The SMILES string of the molecule is O=S1(=O)N[C@@H]([C@H](O)c2ccccc2)c2ccccc21.O=S1(=O)N[C@@H]([C@H](O)c2ccccc2)c2ccccc21. The monoisotopic (exact) mass is 550 g/mol. The summed E-state index contributed by atoms with van der Waals surface area (Å²) in [5, 5.41) is 20.7. The molecule has 8 nitrogen and oxygen atoms in total. The van der Waals surface area contributed by atoms with E-state index in [0.29, 0.717) is 22.3 Å². The quantitative estimate of drug-likeness (QED) is 0.307. The number of sulfonamides is 2. The lowest BCUT2D eigenvalue weighted by Gasteiger charge is -2.18. The number of nitrogens with one attached hydrogen (secondary N) is 2. The summed E-state index contributed by atoms with van der Waals surface area (Å²) >= 11 is 0. The zero-order chi connectivity index (χ0) is 26.9. The molecular weight excluding hydrogens is 524 g/mol. The molecule has 0 spiro atoms. The number of hydrogen-bond acceptors (Lipinski definition) is 6. The molecule has 0 saturated heterocycles. The van der Waals surface area contributed by atoms with Gasteiger partial charge in [-0.15, -0.1) is 0 Å². The number of fused-ring (bicyclic) bond motifs is 2. The summed E-state index contributed by atoms with van der Waals surface area (Å²) in [7, 11) is -7.04. The molecule has 2 aliphatic rings. The summed E-state index contributed by atoms with van der Waals surface area (Å²) < 4.78 is 52.9. The second-order valence-electron chi connectivity index (χ2n) is 8.98. The lowest BCUT2D eigenvalue weighted by Crippen LogP contribution is -2.24. The highest BCUT2D eigenvalue weighted by Crippen LogP contribution is 2.39. The Labute approximate surface area is 221 Å². The maximum Gasteiger partial charge on any atom is 0.241 e. The third kappa shape index (κ3) is 5.02. The Morgan fingerprint density at radius 2 is 0.816 bits per heavy atom. The van der Waals surface area contributed by atoms with Crippen LogP contribution in [0, 0.1) is 0 Å². The average Bonchev–Trinajstić information content (AvgIpc) is 3.39. The molecule has 38 heavy (non-hydrogen) atoms. The van der Waals surface area contributed by atoms with E-state index >= 15 is 0 Å². The predicted octanol–water partition coefficient (Wildman–Crippen LogP) is 3.51. The van der Waals surface area contributed by atoms with Crippen molar-refractivity contribution in [1.29, 1.82) is 0 Å². The fourth-order valence-electron chi connectivity index (χ4n) is 4.71. The van der Waals surface area contributed by atoms with Crippen molar-refractivity contribution < 1.29 is 27.0 Å². The van der Waals surface area contributed by atoms with Crippen LogP contribution >= 0.6 is 0 Å². The van der Waals surface area contributed by atoms with E-state index in [1.165, 1.54) is 0 Å². The van der Waals surface area contributed by atoms with Crippen molar-refractivity contribution >= 4 is 20.0 Å². The highest BCUT2D eigenvalue weighted by Gasteiger charge is 2.39. The summed E-state index contributed by atoms with van der Waals surface area (Å²) in [6.45, 7) is 0.